The molecule has 8 atom stereocenters. The van der Waals surface area contributed by atoms with Crippen LogP contribution >= 0.6 is 20.1 Å². The molecule has 4 fully saturated rings. The van der Waals surface area contributed by atoms with Crippen LogP contribution in [-0.2, 0) is 0 Å². The first-order valence-electron chi connectivity index (χ1n) is 16.9. The topological polar surface area (TPSA) is 27.3 Å². The summed E-state index contributed by atoms with van der Waals surface area (Å²) in [6, 6.07) is 38.9. The van der Waals surface area contributed by atoms with Crippen LogP contribution in [0, 0.1) is 17.8 Å². The lowest BCUT2D eigenvalue weighted by Gasteiger charge is -2.52. The van der Waals surface area contributed by atoms with Gasteiger partial charge in [-0.05, 0) is 110 Å². The van der Waals surface area contributed by atoms with Crippen LogP contribution in [0.4, 0.5) is 0 Å². The standard InChI is InChI=1S/C40H46N3PS/c1-3-29-27-43-25-24-31(29)26-37(43)39(36-22-12-15-30-14-10-11-20-35(30)36)42-40(45)41-28(2)34-21-13-23-38(34)44(32-16-6-4-7-17-32)33-18-8-5-9-19-33/h3-12,14-20,22,28-29,31,34,37-39H,1,13,21,23-27H2,2H3,(H2,41,42,45)/t28-,29?,31?,34+,37?,38?,39?/m1/s1. The van der Waals surface area contributed by atoms with Gasteiger partial charge in [-0.25, -0.2) is 0 Å². The zero-order valence-electron chi connectivity index (χ0n) is 26.4. The van der Waals surface area contributed by atoms with Gasteiger partial charge in [-0.15, -0.1) is 6.58 Å². The molecule has 4 aromatic rings. The highest BCUT2D eigenvalue weighted by atomic mass is 32.1. The van der Waals surface area contributed by atoms with E-state index in [-0.39, 0.29) is 12.1 Å². The van der Waals surface area contributed by atoms with Crippen molar-refractivity contribution < 1.29 is 0 Å². The highest BCUT2D eigenvalue weighted by Gasteiger charge is 2.43. The van der Waals surface area contributed by atoms with Crippen LogP contribution in [0.5, 0.6) is 0 Å². The second kappa shape index (κ2) is 13.8. The second-order valence-electron chi connectivity index (χ2n) is 13.4. The van der Waals surface area contributed by atoms with Gasteiger partial charge in [0.25, 0.3) is 0 Å². The SMILES string of the molecule is C=CC1CN2CCC1CC2C(NC(=S)N[C@H](C)[C@@H]1CCCC1P(c1ccccc1)c1ccccc1)c1cccc2ccccc12. The molecular formula is C40H46N3PS. The van der Waals surface area contributed by atoms with Crippen LogP contribution in [0.2, 0.25) is 0 Å². The lowest BCUT2D eigenvalue weighted by atomic mass is 9.73. The Hall–Kier alpha value is -3.04. The van der Waals surface area contributed by atoms with Crippen LogP contribution in [0.15, 0.2) is 116 Å². The van der Waals surface area contributed by atoms with Crippen molar-refractivity contribution in [2.24, 2.45) is 17.8 Å². The van der Waals surface area contributed by atoms with E-state index in [0.29, 0.717) is 29.5 Å². The monoisotopic (exact) mass is 631 g/mol. The highest BCUT2D eigenvalue weighted by molar-refractivity contribution is 7.80. The van der Waals surface area contributed by atoms with Gasteiger partial charge in [-0.2, -0.15) is 0 Å². The number of piperidine rings is 3. The number of fused-ring (bicyclic) bond motifs is 4. The van der Waals surface area contributed by atoms with E-state index in [1.54, 1.807) is 0 Å². The summed E-state index contributed by atoms with van der Waals surface area (Å²) in [5.74, 6) is 1.86. The molecule has 6 unspecified atom stereocenters. The summed E-state index contributed by atoms with van der Waals surface area (Å²) in [6.45, 7) is 8.81. The van der Waals surface area contributed by atoms with Gasteiger partial charge in [-0.1, -0.05) is 116 Å². The minimum absolute atomic E-state index is 0.127. The number of hydrogen-bond acceptors (Lipinski definition) is 2. The molecular weight excluding hydrogens is 586 g/mol. The van der Waals surface area contributed by atoms with Crippen LogP contribution < -0.4 is 21.2 Å². The molecule has 4 aromatic carbocycles. The molecule has 3 nitrogen and oxygen atoms in total. The Balaban J connectivity index is 1.14. The first-order chi connectivity index (χ1) is 22.1. The fourth-order valence-electron chi connectivity index (χ4n) is 8.71. The molecule has 2 bridgehead atoms. The van der Waals surface area contributed by atoms with E-state index in [1.165, 1.54) is 59.0 Å². The molecule has 0 aromatic heterocycles. The van der Waals surface area contributed by atoms with Crippen molar-refractivity contribution in [2.45, 2.75) is 62.8 Å². The van der Waals surface area contributed by atoms with Gasteiger partial charge in [0, 0.05) is 18.6 Å². The third-order valence-corrected chi connectivity index (χ3v) is 14.2. The number of benzene rings is 4. The fraction of sp³-hybridized carbons (Fsp3) is 0.375. The molecule has 0 spiro atoms. The minimum Gasteiger partial charge on any atom is -0.360 e. The van der Waals surface area contributed by atoms with Crippen molar-refractivity contribution in [1.82, 2.24) is 15.5 Å². The maximum Gasteiger partial charge on any atom is 0.167 e. The Morgan fingerprint density at radius 3 is 2.24 bits per heavy atom. The molecule has 232 valence electrons. The third kappa shape index (κ3) is 6.35. The maximum absolute atomic E-state index is 6.21. The number of nitrogens with one attached hydrogen (secondary N) is 2. The lowest BCUT2D eigenvalue weighted by molar-refractivity contribution is 0.00427. The summed E-state index contributed by atoms with van der Waals surface area (Å²) in [5.41, 5.74) is 1.98. The Morgan fingerprint density at radius 1 is 0.867 bits per heavy atom. The summed E-state index contributed by atoms with van der Waals surface area (Å²) in [6.07, 6.45) is 8.44. The molecule has 45 heavy (non-hydrogen) atoms. The molecule has 3 heterocycles. The minimum atomic E-state index is -0.460. The van der Waals surface area contributed by atoms with E-state index in [0.717, 1.165) is 18.2 Å². The summed E-state index contributed by atoms with van der Waals surface area (Å²) in [5, 5.41) is 14.2. The van der Waals surface area contributed by atoms with Crippen LogP contribution in [0.1, 0.15) is 50.6 Å². The molecule has 1 aliphatic carbocycles. The van der Waals surface area contributed by atoms with Crippen molar-refractivity contribution >= 4 is 46.6 Å². The number of rotatable bonds is 9. The smallest absolute Gasteiger partial charge is 0.167 e. The van der Waals surface area contributed by atoms with Gasteiger partial charge < -0.3 is 10.6 Å². The predicted molar refractivity (Wildman–Crippen MR) is 197 cm³/mol. The van der Waals surface area contributed by atoms with Gasteiger partial charge in [0.15, 0.2) is 5.11 Å². The van der Waals surface area contributed by atoms with Gasteiger partial charge >= 0.3 is 0 Å². The van der Waals surface area contributed by atoms with Crippen LogP contribution in [0.3, 0.4) is 0 Å². The lowest BCUT2D eigenvalue weighted by Crippen LogP contribution is -2.58. The van der Waals surface area contributed by atoms with Crippen molar-refractivity contribution in [2.75, 3.05) is 13.1 Å². The van der Waals surface area contributed by atoms with E-state index in [1.807, 2.05) is 0 Å². The van der Waals surface area contributed by atoms with Gasteiger partial charge in [0.2, 0.25) is 0 Å². The van der Waals surface area contributed by atoms with Gasteiger partial charge in [0.1, 0.15) is 0 Å². The summed E-state index contributed by atoms with van der Waals surface area (Å²) in [4.78, 5) is 2.71. The first-order valence-corrected chi connectivity index (χ1v) is 18.7. The molecule has 2 N–H and O–H groups in total. The van der Waals surface area contributed by atoms with Crippen molar-refractivity contribution in [3.05, 3.63) is 121 Å². The second-order valence-corrected chi connectivity index (χ2v) is 16.2. The zero-order valence-corrected chi connectivity index (χ0v) is 28.1. The summed E-state index contributed by atoms with van der Waals surface area (Å²) < 4.78 is 0. The van der Waals surface area contributed by atoms with Crippen molar-refractivity contribution in [1.29, 1.82) is 0 Å². The molecule has 1 saturated carbocycles. The molecule has 0 radical (unpaired) electrons. The van der Waals surface area contributed by atoms with Gasteiger partial charge in [-0.3, -0.25) is 4.90 Å². The Kier molecular flexibility index (Phi) is 9.35. The molecule has 5 heteroatoms. The number of hydrogen-bond donors (Lipinski definition) is 2. The molecule has 4 aliphatic rings. The Morgan fingerprint density at radius 2 is 1.56 bits per heavy atom. The molecule has 0 amide bonds. The van der Waals surface area contributed by atoms with E-state index < -0.39 is 7.92 Å². The Bertz CT molecular complexity index is 1570. The van der Waals surface area contributed by atoms with Crippen LogP contribution in [0.25, 0.3) is 10.8 Å². The number of nitrogens with zero attached hydrogens (tertiary/aromatic N) is 1. The first kappa shape index (κ1) is 30.6. The largest absolute Gasteiger partial charge is 0.360 e. The van der Waals surface area contributed by atoms with E-state index in [2.05, 4.69) is 138 Å². The average Bonchev–Trinajstić information content (AvgIpc) is 3.58. The van der Waals surface area contributed by atoms with E-state index in [9.17, 15) is 0 Å². The maximum atomic E-state index is 6.21. The van der Waals surface area contributed by atoms with E-state index >= 15 is 0 Å². The van der Waals surface area contributed by atoms with Crippen molar-refractivity contribution in [3.63, 3.8) is 0 Å². The average molecular weight is 632 g/mol. The quantitative estimate of drug-likeness (QED) is 0.112. The summed E-state index contributed by atoms with van der Waals surface area (Å²) in [7, 11) is -0.460. The predicted octanol–water partition coefficient (Wildman–Crippen LogP) is 7.93. The molecule has 3 saturated heterocycles. The Labute approximate surface area is 276 Å². The van der Waals surface area contributed by atoms with Crippen molar-refractivity contribution in [3.8, 4) is 0 Å². The van der Waals surface area contributed by atoms with Gasteiger partial charge in [0.05, 0.1) is 6.04 Å². The zero-order chi connectivity index (χ0) is 30.8. The fourth-order valence-corrected chi connectivity index (χ4v) is 12.3. The molecule has 3 aliphatic heterocycles. The third-order valence-electron chi connectivity index (χ3n) is 10.9. The van der Waals surface area contributed by atoms with E-state index in [4.69, 9.17) is 12.2 Å². The normalized spacial score (nSPS) is 27.2. The summed E-state index contributed by atoms with van der Waals surface area (Å²) >= 11 is 6.21. The highest BCUT2D eigenvalue weighted by Crippen LogP contribution is 2.51. The molecule has 8 rings (SSSR count). The number of thiocarbonyl (C=S) groups is 1. The van der Waals surface area contributed by atoms with Crippen LogP contribution in [-0.4, -0.2) is 40.8 Å².